The van der Waals surface area contributed by atoms with Crippen LogP contribution in [0.15, 0.2) is 59.0 Å². The number of hydrogen-bond acceptors (Lipinski definition) is 5. The fourth-order valence-corrected chi connectivity index (χ4v) is 3.13. The molecule has 1 fully saturated rings. The van der Waals surface area contributed by atoms with E-state index < -0.39 is 0 Å². The number of morpholine rings is 1. The van der Waals surface area contributed by atoms with Gasteiger partial charge in [-0.2, -0.15) is 0 Å². The molecule has 0 radical (unpaired) electrons. The molecule has 0 saturated carbocycles. The van der Waals surface area contributed by atoms with Gasteiger partial charge < -0.3 is 18.8 Å². The highest BCUT2D eigenvalue weighted by Gasteiger charge is 2.17. The van der Waals surface area contributed by atoms with Crippen molar-refractivity contribution in [1.29, 1.82) is 0 Å². The third-order valence-electron chi connectivity index (χ3n) is 4.67. The molecule has 1 amide bonds. The molecular formula is C22H22N2O4. The van der Waals surface area contributed by atoms with Gasteiger partial charge in [0.15, 0.2) is 6.61 Å². The zero-order chi connectivity index (χ0) is 19.3. The Balaban J connectivity index is 1.42. The Labute approximate surface area is 163 Å². The van der Waals surface area contributed by atoms with E-state index in [1.807, 2.05) is 61.5 Å². The number of ether oxygens (including phenoxy) is 2. The molecule has 2 heterocycles. The Morgan fingerprint density at radius 1 is 1.04 bits per heavy atom. The molecule has 0 atom stereocenters. The van der Waals surface area contributed by atoms with Crippen molar-refractivity contribution in [2.75, 3.05) is 32.9 Å². The fraction of sp³-hybridized carbons (Fsp3) is 0.273. The van der Waals surface area contributed by atoms with Crippen LogP contribution in [0, 0.1) is 6.92 Å². The molecule has 0 bridgehead atoms. The zero-order valence-electron chi connectivity index (χ0n) is 15.8. The maximum Gasteiger partial charge on any atom is 0.260 e. The Kier molecular flexibility index (Phi) is 5.39. The maximum atomic E-state index is 12.2. The van der Waals surface area contributed by atoms with E-state index >= 15 is 0 Å². The molecule has 1 aromatic heterocycles. The van der Waals surface area contributed by atoms with E-state index in [9.17, 15) is 4.79 Å². The van der Waals surface area contributed by atoms with Crippen molar-refractivity contribution in [2.45, 2.75) is 6.92 Å². The highest BCUT2D eigenvalue weighted by atomic mass is 16.5. The van der Waals surface area contributed by atoms with Gasteiger partial charge in [-0.3, -0.25) is 4.79 Å². The first kappa shape index (κ1) is 18.3. The van der Waals surface area contributed by atoms with Gasteiger partial charge in [0.05, 0.1) is 13.2 Å². The number of nitrogens with zero attached hydrogens (tertiary/aromatic N) is 2. The third kappa shape index (κ3) is 4.07. The minimum absolute atomic E-state index is 0.0211. The molecule has 6 heteroatoms. The average molecular weight is 378 g/mol. The average Bonchev–Trinajstić information content (AvgIpc) is 3.15. The number of amides is 1. The quantitative estimate of drug-likeness (QED) is 0.679. The van der Waals surface area contributed by atoms with Crippen LogP contribution in [0.4, 0.5) is 0 Å². The molecule has 1 saturated heterocycles. The number of aromatic nitrogens is 1. The van der Waals surface area contributed by atoms with Crippen LogP contribution in [0.25, 0.3) is 22.7 Å². The largest absolute Gasteiger partial charge is 0.484 e. The number of hydrogen-bond donors (Lipinski definition) is 0. The van der Waals surface area contributed by atoms with Crippen molar-refractivity contribution in [3.05, 3.63) is 60.4 Å². The number of carbonyl (C=O) groups is 1. The summed E-state index contributed by atoms with van der Waals surface area (Å²) in [6.45, 7) is 4.35. The molecule has 3 aromatic rings. The normalized spacial score (nSPS) is 14.1. The van der Waals surface area contributed by atoms with Crippen molar-refractivity contribution < 1.29 is 18.7 Å². The van der Waals surface area contributed by atoms with Crippen LogP contribution in [0.1, 0.15) is 5.76 Å². The van der Waals surface area contributed by atoms with Crippen LogP contribution in [-0.4, -0.2) is 48.7 Å². The highest BCUT2D eigenvalue weighted by Crippen LogP contribution is 2.29. The predicted molar refractivity (Wildman–Crippen MR) is 105 cm³/mol. The second-order valence-electron chi connectivity index (χ2n) is 6.60. The number of benzene rings is 2. The van der Waals surface area contributed by atoms with Crippen LogP contribution in [0.3, 0.4) is 0 Å². The second-order valence-corrected chi connectivity index (χ2v) is 6.60. The summed E-state index contributed by atoms with van der Waals surface area (Å²) in [6, 6.07) is 17.4. The lowest BCUT2D eigenvalue weighted by Crippen LogP contribution is -2.42. The number of aryl methyl sites for hydroxylation is 1. The van der Waals surface area contributed by atoms with Gasteiger partial charge >= 0.3 is 0 Å². The Bertz CT molecular complexity index is 929. The zero-order valence-corrected chi connectivity index (χ0v) is 15.8. The number of rotatable bonds is 5. The van der Waals surface area contributed by atoms with Gasteiger partial charge in [0.25, 0.3) is 5.91 Å². The predicted octanol–water partition coefficient (Wildman–Crippen LogP) is 3.55. The Hall–Kier alpha value is -3.12. The van der Waals surface area contributed by atoms with Crippen molar-refractivity contribution in [1.82, 2.24) is 9.88 Å². The highest BCUT2D eigenvalue weighted by molar-refractivity contribution is 5.78. The minimum Gasteiger partial charge on any atom is -0.484 e. The molecule has 6 nitrogen and oxygen atoms in total. The first-order chi connectivity index (χ1) is 13.7. The van der Waals surface area contributed by atoms with Gasteiger partial charge in [0.1, 0.15) is 17.2 Å². The summed E-state index contributed by atoms with van der Waals surface area (Å²) in [5.74, 6) is 1.99. The van der Waals surface area contributed by atoms with Crippen LogP contribution >= 0.6 is 0 Å². The molecular weight excluding hydrogens is 356 g/mol. The van der Waals surface area contributed by atoms with Crippen molar-refractivity contribution in [2.24, 2.45) is 0 Å². The molecule has 0 N–H and O–H groups in total. The summed E-state index contributed by atoms with van der Waals surface area (Å²) in [6.07, 6.45) is 0. The van der Waals surface area contributed by atoms with Gasteiger partial charge in [0, 0.05) is 24.2 Å². The molecule has 28 heavy (non-hydrogen) atoms. The maximum absolute atomic E-state index is 12.2. The summed E-state index contributed by atoms with van der Waals surface area (Å²) in [5, 5.41) is 0. The third-order valence-corrected chi connectivity index (χ3v) is 4.67. The van der Waals surface area contributed by atoms with E-state index in [4.69, 9.17) is 13.9 Å². The fourth-order valence-electron chi connectivity index (χ4n) is 3.13. The number of oxazole rings is 1. The van der Waals surface area contributed by atoms with E-state index in [0.717, 1.165) is 22.6 Å². The molecule has 1 aliphatic rings. The summed E-state index contributed by atoms with van der Waals surface area (Å²) in [4.78, 5) is 18.6. The Morgan fingerprint density at radius 3 is 2.46 bits per heavy atom. The van der Waals surface area contributed by atoms with Gasteiger partial charge in [-0.25, -0.2) is 4.98 Å². The van der Waals surface area contributed by atoms with Gasteiger partial charge in [0.2, 0.25) is 5.89 Å². The van der Waals surface area contributed by atoms with Gasteiger partial charge in [-0.05, 0) is 43.3 Å². The molecule has 1 aliphatic heterocycles. The van der Waals surface area contributed by atoms with Crippen LogP contribution < -0.4 is 4.74 Å². The lowest BCUT2D eigenvalue weighted by Gasteiger charge is -2.26. The minimum atomic E-state index is -0.0211. The van der Waals surface area contributed by atoms with E-state index in [2.05, 4.69) is 4.98 Å². The van der Waals surface area contributed by atoms with Crippen LogP contribution in [0.5, 0.6) is 5.75 Å². The van der Waals surface area contributed by atoms with Gasteiger partial charge in [-0.1, -0.05) is 18.2 Å². The first-order valence-corrected chi connectivity index (χ1v) is 9.32. The van der Waals surface area contributed by atoms with Crippen molar-refractivity contribution in [3.63, 3.8) is 0 Å². The van der Waals surface area contributed by atoms with E-state index in [-0.39, 0.29) is 12.5 Å². The molecule has 0 aliphatic carbocycles. The molecule has 0 unspecified atom stereocenters. The number of carbonyl (C=O) groups excluding carboxylic acids is 1. The SMILES string of the molecule is Cc1oc(-c2ccccc2)nc1-c1ccc(OCC(=O)N2CCOCC2)cc1. The van der Waals surface area contributed by atoms with E-state index in [1.54, 1.807) is 4.90 Å². The van der Waals surface area contributed by atoms with E-state index in [0.29, 0.717) is 37.9 Å². The van der Waals surface area contributed by atoms with Crippen molar-refractivity contribution >= 4 is 5.91 Å². The molecule has 4 rings (SSSR count). The second kappa shape index (κ2) is 8.27. The summed E-state index contributed by atoms with van der Waals surface area (Å²) >= 11 is 0. The monoisotopic (exact) mass is 378 g/mol. The molecule has 0 spiro atoms. The molecule has 144 valence electrons. The van der Waals surface area contributed by atoms with Crippen LogP contribution in [0.2, 0.25) is 0 Å². The summed E-state index contributed by atoms with van der Waals surface area (Å²) < 4.78 is 16.7. The summed E-state index contributed by atoms with van der Waals surface area (Å²) in [7, 11) is 0. The first-order valence-electron chi connectivity index (χ1n) is 9.32. The topological polar surface area (TPSA) is 64.8 Å². The Morgan fingerprint density at radius 2 is 1.75 bits per heavy atom. The smallest absolute Gasteiger partial charge is 0.260 e. The van der Waals surface area contributed by atoms with Crippen LogP contribution in [-0.2, 0) is 9.53 Å². The van der Waals surface area contributed by atoms with Gasteiger partial charge in [-0.15, -0.1) is 0 Å². The van der Waals surface area contributed by atoms with E-state index in [1.165, 1.54) is 0 Å². The molecule has 2 aromatic carbocycles. The lowest BCUT2D eigenvalue weighted by atomic mass is 10.1. The van der Waals surface area contributed by atoms with Crippen molar-refractivity contribution in [3.8, 4) is 28.5 Å². The standard InChI is InChI=1S/C22H22N2O4/c1-16-21(23-22(28-16)18-5-3-2-4-6-18)17-7-9-19(10-8-17)27-15-20(25)24-11-13-26-14-12-24/h2-10H,11-15H2,1H3. The summed E-state index contributed by atoms with van der Waals surface area (Å²) in [5.41, 5.74) is 2.68. The lowest BCUT2D eigenvalue weighted by molar-refractivity contribution is -0.137.